The molecule has 0 aliphatic heterocycles. The molecule has 0 heterocycles. The van der Waals surface area contributed by atoms with E-state index in [-0.39, 0.29) is 0 Å². The van der Waals surface area contributed by atoms with Crippen LogP contribution in [0.1, 0.15) is 24.0 Å². The van der Waals surface area contributed by atoms with Crippen LogP contribution in [-0.2, 0) is 0 Å². The first kappa shape index (κ1) is 11.0. The first-order valence-electron chi connectivity index (χ1n) is 6.46. The van der Waals surface area contributed by atoms with Gasteiger partial charge in [-0.1, -0.05) is 72.8 Å². The Bertz CT molecular complexity index is 532. The Kier molecular flexibility index (Phi) is 3.10. The molecule has 0 amide bonds. The second-order valence-corrected chi connectivity index (χ2v) is 4.57. The van der Waals surface area contributed by atoms with E-state index in [0.717, 1.165) is 6.42 Å². The summed E-state index contributed by atoms with van der Waals surface area (Å²) in [5.41, 5.74) is 5.45. The number of allylic oxidation sites excluding steroid dienone is 3. The van der Waals surface area contributed by atoms with Gasteiger partial charge in [-0.3, -0.25) is 0 Å². The molecule has 88 valence electrons. The second kappa shape index (κ2) is 5.05. The largest absolute Gasteiger partial charge is 0.0839 e. The lowest BCUT2D eigenvalue weighted by Gasteiger charge is -2.11. The van der Waals surface area contributed by atoms with Gasteiger partial charge >= 0.3 is 0 Å². The van der Waals surface area contributed by atoms with E-state index in [2.05, 4.69) is 72.8 Å². The minimum atomic E-state index is 1.15. The summed E-state index contributed by atoms with van der Waals surface area (Å²) in [5.74, 6) is 0. The molecule has 18 heavy (non-hydrogen) atoms. The molecule has 0 fully saturated rings. The van der Waals surface area contributed by atoms with Crippen LogP contribution < -0.4 is 0 Å². The fourth-order valence-electron chi connectivity index (χ4n) is 2.50. The average Bonchev–Trinajstić information content (AvgIpc) is 2.95. The molecule has 0 bridgehead atoms. The maximum absolute atomic E-state index is 2.27. The fourth-order valence-corrected chi connectivity index (χ4v) is 2.50. The topological polar surface area (TPSA) is 0 Å². The Labute approximate surface area is 108 Å². The van der Waals surface area contributed by atoms with E-state index in [1.54, 1.807) is 0 Å². The van der Waals surface area contributed by atoms with E-state index in [1.807, 2.05) is 0 Å². The van der Waals surface area contributed by atoms with Crippen molar-refractivity contribution in [3.8, 4) is 0 Å². The summed E-state index contributed by atoms with van der Waals surface area (Å²) in [6, 6.07) is 21.4. The van der Waals surface area contributed by atoms with Gasteiger partial charge in [-0.15, -0.1) is 0 Å². The Morgan fingerprint density at radius 3 is 1.72 bits per heavy atom. The van der Waals surface area contributed by atoms with Crippen molar-refractivity contribution in [3.63, 3.8) is 0 Å². The molecule has 0 radical (unpaired) electrons. The van der Waals surface area contributed by atoms with E-state index in [0.29, 0.717) is 0 Å². The minimum absolute atomic E-state index is 1.15. The molecule has 0 unspecified atom stereocenters. The predicted molar refractivity (Wildman–Crippen MR) is 77.3 cm³/mol. The molecule has 3 rings (SSSR count). The van der Waals surface area contributed by atoms with Gasteiger partial charge in [0.25, 0.3) is 0 Å². The van der Waals surface area contributed by atoms with Crippen LogP contribution in [0.4, 0.5) is 0 Å². The number of hydrogen-bond donors (Lipinski definition) is 0. The van der Waals surface area contributed by atoms with Gasteiger partial charge in [0.15, 0.2) is 0 Å². The molecule has 0 atom stereocenters. The quantitative estimate of drug-likeness (QED) is 0.695. The molecule has 1 aliphatic rings. The zero-order chi connectivity index (χ0) is 12.2. The second-order valence-electron chi connectivity index (χ2n) is 4.57. The molecular formula is C18H16. The monoisotopic (exact) mass is 232 g/mol. The summed E-state index contributed by atoms with van der Waals surface area (Å²) in [7, 11) is 0. The standard InChI is InChI=1S/C18H16/c1-3-9-15(10-4-1)18(17-13-7-8-14-17)16-11-5-2-6-12-16/h1-7,9-13H,8,14H2. The van der Waals surface area contributed by atoms with Gasteiger partial charge in [-0.2, -0.15) is 0 Å². The van der Waals surface area contributed by atoms with Crippen molar-refractivity contribution < 1.29 is 0 Å². The van der Waals surface area contributed by atoms with Crippen LogP contribution in [0.15, 0.2) is 78.4 Å². The van der Waals surface area contributed by atoms with Gasteiger partial charge in [-0.05, 0) is 35.1 Å². The van der Waals surface area contributed by atoms with Gasteiger partial charge in [0.2, 0.25) is 0 Å². The SMILES string of the molecule is C1=CC(=C(c2ccccc2)c2ccccc2)CC1. The Morgan fingerprint density at radius 2 is 1.28 bits per heavy atom. The lowest BCUT2D eigenvalue weighted by molar-refractivity contribution is 1.06. The van der Waals surface area contributed by atoms with Crippen LogP contribution in [0.3, 0.4) is 0 Å². The minimum Gasteiger partial charge on any atom is -0.0839 e. The van der Waals surface area contributed by atoms with Gasteiger partial charge < -0.3 is 0 Å². The molecule has 0 saturated heterocycles. The highest BCUT2D eigenvalue weighted by atomic mass is 14.2. The zero-order valence-electron chi connectivity index (χ0n) is 10.3. The Morgan fingerprint density at radius 1 is 0.722 bits per heavy atom. The third kappa shape index (κ3) is 2.14. The van der Waals surface area contributed by atoms with E-state index in [1.165, 1.54) is 28.7 Å². The van der Waals surface area contributed by atoms with Gasteiger partial charge in [0.05, 0.1) is 0 Å². The summed E-state index contributed by atoms with van der Waals surface area (Å²) < 4.78 is 0. The highest BCUT2D eigenvalue weighted by Crippen LogP contribution is 2.32. The molecule has 2 aromatic carbocycles. The van der Waals surface area contributed by atoms with Crippen LogP contribution in [-0.4, -0.2) is 0 Å². The van der Waals surface area contributed by atoms with Crippen molar-refractivity contribution in [1.82, 2.24) is 0 Å². The fraction of sp³-hybridized carbons (Fsp3) is 0.111. The van der Waals surface area contributed by atoms with E-state index < -0.39 is 0 Å². The third-order valence-corrected chi connectivity index (χ3v) is 3.35. The summed E-state index contributed by atoms with van der Waals surface area (Å²) in [5, 5.41) is 0. The molecule has 0 spiro atoms. The van der Waals surface area contributed by atoms with Crippen molar-refractivity contribution in [2.75, 3.05) is 0 Å². The van der Waals surface area contributed by atoms with Gasteiger partial charge in [0, 0.05) is 0 Å². The number of benzene rings is 2. The molecule has 0 saturated carbocycles. The smallest absolute Gasteiger partial charge is 0.00793 e. The highest BCUT2D eigenvalue weighted by Gasteiger charge is 2.11. The molecular weight excluding hydrogens is 216 g/mol. The van der Waals surface area contributed by atoms with E-state index in [4.69, 9.17) is 0 Å². The van der Waals surface area contributed by atoms with E-state index in [9.17, 15) is 0 Å². The highest BCUT2D eigenvalue weighted by molar-refractivity contribution is 5.83. The number of rotatable bonds is 2. The molecule has 1 aliphatic carbocycles. The summed E-state index contributed by atoms with van der Waals surface area (Å²) in [6.07, 6.45) is 6.86. The molecule has 0 heteroatoms. The van der Waals surface area contributed by atoms with Crippen LogP contribution >= 0.6 is 0 Å². The van der Waals surface area contributed by atoms with Crippen molar-refractivity contribution in [1.29, 1.82) is 0 Å². The first-order valence-corrected chi connectivity index (χ1v) is 6.46. The number of hydrogen-bond acceptors (Lipinski definition) is 0. The molecule has 0 N–H and O–H groups in total. The Balaban J connectivity index is 2.17. The van der Waals surface area contributed by atoms with Crippen molar-refractivity contribution in [2.45, 2.75) is 12.8 Å². The van der Waals surface area contributed by atoms with Gasteiger partial charge in [-0.25, -0.2) is 0 Å². The Hall–Kier alpha value is -2.08. The van der Waals surface area contributed by atoms with Crippen LogP contribution in [0.2, 0.25) is 0 Å². The summed E-state index contributed by atoms with van der Waals surface area (Å²) >= 11 is 0. The van der Waals surface area contributed by atoms with Crippen molar-refractivity contribution in [2.24, 2.45) is 0 Å². The van der Waals surface area contributed by atoms with Crippen molar-refractivity contribution in [3.05, 3.63) is 89.5 Å². The van der Waals surface area contributed by atoms with Crippen LogP contribution in [0.25, 0.3) is 5.57 Å². The lowest BCUT2D eigenvalue weighted by Crippen LogP contribution is -1.91. The van der Waals surface area contributed by atoms with Crippen LogP contribution in [0, 0.1) is 0 Å². The average molecular weight is 232 g/mol. The predicted octanol–water partition coefficient (Wildman–Crippen LogP) is 4.84. The normalized spacial score (nSPS) is 13.9. The molecule has 0 nitrogen and oxygen atoms in total. The third-order valence-electron chi connectivity index (χ3n) is 3.35. The zero-order valence-corrected chi connectivity index (χ0v) is 10.3. The molecule has 2 aromatic rings. The molecule has 0 aromatic heterocycles. The van der Waals surface area contributed by atoms with E-state index >= 15 is 0 Å². The lowest BCUT2D eigenvalue weighted by atomic mass is 9.93. The van der Waals surface area contributed by atoms with Crippen LogP contribution in [0.5, 0.6) is 0 Å². The summed E-state index contributed by atoms with van der Waals surface area (Å²) in [4.78, 5) is 0. The van der Waals surface area contributed by atoms with Gasteiger partial charge in [0.1, 0.15) is 0 Å². The first-order chi connectivity index (χ1) is 8.95. The maximum Gasteiger partial charge on any atom is -0.00793 e. The maximum atomic E-state index is 2.27. The summed E-state index contributed by atoms with van der Waals surface area (Å²) in [6.45, 7) is 0. The van der Waals surface area contributed by atoms with Crippen molar-refractivity contribution >= 4 is 5.57 Å².